The van der Waals surface area contributed by atoms with Gasteiger partial charge in [-0.15, -0.1) is 11.3 Å². The minimum absolute atomic E-state index is 0.342. The van der Waals surface area contributed by atoms with Crippen LogP contribution in [0.25, 0.3) is 11.3 Å². The monoisotopic (exact) mass is 452 g/mol. The molecule has 0 saturated carbocycles. The number of hydrogen-bond acceptors (Lipinski definition) is 5. The van der Waals surface area contributed by atoms with Gasteiger partial charge in [0.25, 0.3) is 0 Å². The Balaban J connectivity index is 1.44. The van der Waals surface area contributed by atoms with E-state index in [0.29, 0.717) is 40.9 Å². The first-order chi connectivity index (χ1) is 13.4. The fourth-order valence-corrected chi connectivity index (χ4v) is 6.21. The zero-order valence-corrected chi connectivity index (χ0v) is 18.0. The maximum atomic E-state index is 12.9. The van der Waals surface area contributed by atoms with Crippen LogP contribution in [0.15, 0.2) is 58.8 Å². The summed E-state index contributed by atoms with van der Waals surface area (Å²) in [4.78, 5) is 7.23. The van der Waals surface area contributed by atoms with E-state index in [1.54, 1.807) is 35.6 Å². The summed E-state index contributed by atoms with van der Waals surface area (Å²) in [6, 6.07) is 14.0. The smallest absolute Gasteiger partial charge is 0.185 e. The van der Waals surface area contributed by atoms with Crippen molar-refractivity contribution in [2.45, 2.75) is 23.0 Å². The average Bonchev–Trinajstić information content (AvgIpc) is 3.19. The molecule has 0 amide bonds. The normalized spacial score (nSPS) is 15.7. The predicted molar refractivity (Wildman–Crippen MR) is 116 cm³/mol. The van der Waals surface area contributed by atoms with Crippen LogP contribution in [0.2, 0.25) is 10.0 Å². The highest BCUT2D eigenvalue weighted by atomic mass is 35.5. The Morgan fingerprint density at radius 2 is 1.50 bits per heavy atom. The van der Waals surface area contributed by atoms with E-state index < -0.39 is 9.84 Å². The highest BCUT2D eigenvalue weighted by Crippen LogP contribution is 2.32. The Morgan fingerprint density at radius 1 is 0.929 bits per heavy atom. The molecule has 0 N–H and O–H groups in total. The number of hydrogen-bond donors (Lipinski definition) is 0. The van der Waals surface area contributed by atoms with E-state index in [0.717, 1.165) is 16.4 Å². The van der Waals surface area contributed by atoms with Crippen LogP contribution in [-0.4, -0.2) is 31.7 Å². The molecule has 2 heterocycles. The first-order valence-corrected chi connectivity index (χ1v) is 12.1. The zero-order valence-electron chi connectivity index (χ0n) is 14.9. The molecule has 0 atom stereocenters. The third kappa shape index (κ3) is 4.06. The maximum Gasteiger partial charge on any atom is 0.185 e. The second-order valence-electron chi connectivity index (χ2n) is 6.71. The molecule has 8 heteroatoms. The fraction of sp³-hybridized carbons (Fsp3) is 0.250. The van der Waals surface area contributed by atoms with Crippen molar-refractivity contribution in [1.29, 1.82) is 0 Å². The van der Waals surface area contributed by atoms with E-state index in [1.807, 2.05) is 29.6 Å². The van der Waals surface area contributed by atoms with E-state index in [1.165, 1.54) is 0 Å². The minimum Gasteiger partial charge on any atom is -0.348 e. The summed E-state index contributed by atoms with van der Waals surface area (Å²) in [6.45, 7) is 1.34. The lowest BCUT2D eigenvalue weighted by Crippen LogP contribution is -2.39. The molecule has 4 rings (SSSR count). The van der Waals surface area contributed by atoms with Gasteiger partial charge in [-0.3, -0.25) is 0 Å². The number of benzene rings is 2. The zero-order chi connectivity index (χ0) is 19.7. The summed E-state index contributed by atoms with van der Waals surface area (Å²) in [5.74, 6) is 0. The molecule has 1 aliphatic rings. The third-order valence-electron chi connectivity index (χ3n) is 4.93. The molecule has 28 heavy (non-hydrogen) atoms. The number of aromatic nitrogens is 1. The number of anilines is 1. The van der Waals surface area contributed by atoms with Gasteiger partial charge < -0.3 is 4.90 Å². The van der Waals surface area contributed by atoms with E-state index in [2.05, 4.69) is 4.90 Å². The number of nitrogens with zero attached hydrogens (tertiary/aromatic N) is 2. The molecule has 146 valence electrons. The molecule has 0 unspecified atom stereocenters. The van der Waals surface area contributed by atoms with Crippen molar-refractivity contribution in [2.75, 3.05) is 18.0 Å². The Labute approximate surface area is 178 Å². The quantitative estimate of drug-likeness (QED) is 0.519. The van der Waals surface area contributed by atoms with Crippen LogP contribution >= 0.6 is 34.5 Å². The van der Waals surface area contributed by atoms with Gasteiger partial charge >= 0.3 is 0 Å². The van der Waals surface area contributed by atoms with Gasteiger partial charge in [0.1, 0.15) is 0 Å². The number of sulfone groups is 1. The Kier molecular flexibility index (Phi) is 5.65. The van der Waals surface area contributed by atoms with Crippen LogP contribution in [0.3, 0.4) is 0 Å². The minimum atomic E-state index is -3.34. The largest absolute Gasteiger partial charge is 0.348 e. The molecule has 1 aromatic heterocycles. The standard InChI is InChI=1S/C20H18Cl2N2O2S2/c21-15-3-1-14(2-4-15)19-13-27-20(23-19)24-11-9-18(10-12-24)28(25,26)17-7-5-16(22)6-8-17/h1-8,13,18H,9-12H2. The first-order valence-electron chi connectivity index (χ1n) is 8.89. The lowest BCUT2D eigenvalue weighted by atomic mass is 10.1. The Morgan fingerprint density at radius 3 is 2.11 bits per heavy atom. The second kappa shape index (κ2) is 8.03. The van der Waals surface area contributed by atoms with Gasteiger partial charge in [-0.2, -0.15) is 0 Å². The topological polar surface area (TPSA) is 50.3 Å². The summed E-state index contributed by atoms with van der Waals surface area (Å²) < 4.78 is 25.7. The van der Waals surface area contributed by atoms with Gasteiger partial charge in [-0.05, 0) is 49.2 Å². The molecule has 0 spiro atoms. The maximum absolute atomic E-state index is 12.9. The van der Waals surface area contributed by atoms with E-state index in [-0.39, 0.29) is 5.25 Å². The van der Waals surface area contributed by atoms with Crippen molar-refractivity contribution >= 4 is 49.5 Å². The van der Waals surface area contributed by atoms with Gasteiger partial charge in [-0.25, -0.2) is 13.4 Å². The summed E-state index contributed by atoms with van der Waals surface area (Å²) in [5.41, 5.74) is 1.93. The number of rotatable bonds is 4. The SMILES string of the molecule is O=S(=O)(c1ccc(Cl)cc1)C1CCN(c2nc(-c3ccc(Cl)cc3)cs2)CC1. The molecule has 3 aromatic rings. The van der Waals surface area contributed by atoms with Crippen LogP contribution in [0.4, 0.5) is 5.13 Å². The summed E-state index contributed by atoms with van der Waals surface area (Å²) in [7, 11) is -3.34. The highest BCUT2D eigenvalue weighted by Gasteiger charge is 2.32. The van der Waals surface area contributed by atoms with Crippen LogP contribution in [0.1, 0.15) is 12.8 Å². The summed E-state index contributed by atoms with van der Waals surface area (Å²) in [6.07, 6.45) is 1.17. The van der Waals surface area contributed by atoms with Crippen LogP contribution in [0.5, 0.6) is 0 Å². The predicted octanol–water partition coefficient (Wildman–Crippen LogP) is 5.56. The van der Waals surface area contributed by atoms with Crippen molar-refractivity contribution in [3.8, 4) is 11.3 Å². The van der Waals surface area contributed by atoms with Crippen molar-refractivity contribution in [2.24, 2.45) is 0 Å². The molecular formula is C20H18Cl2N2O2S2. The van der Waals surface area contributed by atoms with Gasteiger partial charge in [-0.1, -0.05) is 35.3 Å². The van der Waals surface area contributed by atoms with Gasteiger partial charge in [0.15, 0.2) is 15.0 Å². The Bertz CT molecular complexity index is 1060. The number of halogens is 2. The average molecular weight is 453 g/mol. The molecular weight excluding hydrogens is 435 g/mol. The molecule has 0 bridgehead atoms. The van der Waals surface area contributed by atoms with Crippen molar-refractivity contribution in [3.63, 3.8) is 0 Å². The number of thiazole rings is 1. The molecule has 2 aromatic carbocycles. The molecule has 4 nitrogen and oxygen atoms in total. The van der Waals surface area contributed by atoms with E-state index in [4.69, 9.17) is 28.2 Å². The molecule has 1 saturated heterocycles. The third-order valence-corrected chi connectivity index (χ3v) is 8.61. The molecule has 0 aliphatic carbocycles. The Hall–Kier alpha value is -1.60. The second-order valence-corrected chi connectivity index (χ2v) is 10.6. The molecule has 1 aliphatic heterocycles. The molecule has 1 fully saturated rings. The highest BCUT2D eigenvalue weighted by molar-refractivity contribution is 7.92. The lowest BCUT2D eigenvalue weighted by molar-refractivity contribution is 0.529. The van der Waals surface area contributed by atoms with Gasteiger partial charge in [0.2, 0.25) is 0 Å². The van der Waals surface area contributed by atoms with Crippen LogP contribution in [0, 0.1) is 0 Å². The van der Waals surface area contributed by atoms with Gasteiger partial charge in [0.05, 0.1) is 15.8 Å². The van der Waals surface area contributed by atoms with E-state index >= 15 is 0 Å². The van der Waals surface area contributed by atoms with Crippen molar-refractivity contribution < 1.29 is 8.42 Å². The summed E-state index contributed by atoms with van der Waals surface area (Å²) >= 11 is 13.4. The van der Waals surface area contributed by atoms with Crippen molar-refractivity contribution in [3.05, 3.63) is 64.0 Å². The number of piperidine rings is 1. The first kappa shape index (κ1) is 19.7. The fourth-order valence-electron chi connectivity index (χ4n) is 3.34. The van der Waals surface area contributed by atoms with Crippen molar-refractivity contribution in [1.82, 2.24) is 4.98 Å². The molecule has 0 radical (unpaired) electrons. The summed E-state index contributed by atoms with van der Waals surface area (Å²) in [5, 5.41) is 3.81. The lowest BCUT2D eigenvalue weighted by Gasteiger charge is -2.31. The van der Waals surface area contributed by atoms with Crippen LogP contribution in [-0.2, 0) is 9.84 Å². The van der Waals surface area contributed by atoms with E-state index in [9.17, 15) is 8.42 Å². The van der Waals surface area contributed by atoms with Crippen LogP contribution < -0.4 is 4.90 Å². The van der Waals surface area contributed by atoms with Gasteiger partial charge in [0, 0.05) is 34.1 Å².